The van der Waals surface area contributed by atoms with Crippen molar-refractivity contribution in [3.8, 4) is 5.75 Å². The van der Waals surface area contributed by atoms with Crippen LogP contribution in [0.1, 0.15) is 51.0 Å². The zero-order chi connectivity index (χ0) is 34.2. The number of benzene rings is 1. The van der Waals surface area contributed by atoms with E-state index < -0.39 is 90.2 Å². The monoisotopic (exact) mass is 717 g/mol. The molecule has 4 bridgehead atoms. The summed E-state index contributed by atoms with van der Waals surface area (Å²) in [5.74, 6) is -8.28. The van der Waals surface area contributed by atoms with Crippen molar-refractivity contribution in [2.75, 3.05) is 13.2 Å². The molecule has 1 aromatic carbocycles. The van der Waals surface area contributed by atoms with Crippen molar-refractivity contribution in [2.24, 2.45) is 17.8 Å². The molecule has 6 fully saturated rings. The summed E-state index contributed by atoms with van der Waals surface area (Å²) >= 11 is 6.92. The van der Waals surface area contributed by atoms with E-state index in [1.807, 2.05) is 0 Å². The van der Waals surface area contributed by atoms with E-state index in [1.54, 1.807) is 0 Å². The molecular weight excluding hydrogens is 682 g/mol. The van der Waals surface area contributed by atoms with Crippen molar-refractivity contribution in [3.05, 3.63) is 29.8 Å². The topological polar surface area (TPSA) is 196 Å². The van der Waals surface area contributed by atoms with Crippen molar-refractivity contribution in [1.29, 1.82) is 0 Å². The number of hydrogen-bond acceptors (Lipinski definition) is 12. The standard InChI is InChI=1S/C30H37ClF3NO12.Na/c1-14(37)35-22-20(38)11-27(25(41)42,45-24(22)23(40)21(39)12-36)44-19-4-2-3-16(7-19)30(43-13-28(32,33)34)29(46-47-30)17-5-15-6-18(29)10-26(31,8-15)9-17;/h2-4,7,15,17-18,20-24,36,38-40H,5-6,8-13H2,1H3,(H,35,37)(H,41,42);/q;+1/p-1/t15?,17?,18?,20-,21?,22+,23?,24+,26?,27-,29?,30?;/m0./s1. The van der Waals surface area contributed by atoms with E-state index in [1.165, 1.54) is 24.3 Å². The first-order valence-electron chi connectivity index (χ1n) is 15.3. The Kier molecular flexibility index (Phi) is 10.6. The maximum absolute atomic E-state index is 13.6. The van der Waals surface area contributed by atoms with Crippen LogP contribution >= 0.6 is 11.6 Å². The zero-order valence-electron chi connectivity index (χ0n) is 26.2. The van der Waals surface area contributed by atoms with Crippen LogP contribution in [0.15, 0.2) is 24.3 Å². The fraction of sp³-hybridized carbons (Fsp3) is 0.733. The van der Waals surface area contributed by atoms with Gasteiger partial charge in [-0.1, -0.05) is 12.1 Å². The Bertz CT molecular complexity index is 1380. The number of halogens is 4. The van der Waals surface area contributed by atoms with E-state index in [-0.39, 0.29) is 58.6 Å². The SMILES string of the molecule is CC(=O)N[C@@H]1[C@@H](O)C[C@@](Oc2cccc(C3(OCC(F)(F)F)OOC34C3CC5CC4CC(Cl)(C5)C3)c2)(C(=O)[O-])O[C@H]1C(O)C(O)CO.[Na+]. The summed E-state index contributed by atoms with van der Waals surface area (Å²) in [4.78, 5) is 35.3. The van der Waals surface area contributed by atoms with E-state index in [0.717, 1.165) is 13.3 Å². The summed E-state index contributed by atoms with van der Waals surface area (Å²) in [5.41, 5.74) is -1.31. The van der Waals surface area contributed by atoms with Crippen LogP contribution in [0.5, 0.6) is 5.75 Å². The molecule has 2 saturated heterocycles. The van der Waals surface area contributed by atoms with Gasteiger partial charge in [-0.2, -0.15) is 18.1 Å². The second-order valence-corrected chi connectivity index (χ2v) is 14.3. The molecule has 2 heterocycles. The number of carboxylic acid groups (broad SMARTS) is 1. The first-order chi connectivity index (χ1) is 22.0. The Morgan fingerprint density at radius 3 is 2.33 bits per heavy atom. The quantitative estimate of drug-likeness (QED) is 0.0945. The molecule has 1 amide bonds. The van der Waals surface area contributed by atoms with E-state index in [9.17, 15) is 48.3 Å². The zero-order valence-corrected chi connectivity index (χ0v) is 28.9. The van der Waals surface area contributed by atoms with Crippen LogP contribution in [0.2, 0.25) is 0 Å². The van der Waals surface area contributed by atoms with Gasteiger partial charge in [0.05, 0.1) is 18.8 Å². The average molecular weight is 718 g/mol. The second kappa shape index (κ2) is 13.4. The summed E-state index contributed by atoms with van der Waals surface area (Å²) < 4.78 is 57.9. The van der Waals surface area contributed by atoms with Gasteiger partial charge in [-0.05, 0) is 62.0 Å². The number of hydrogen-bond donors (Lipinski definition) is 5. The molecule has 5 N–H and O–H groups in total. The van der Waals surface area contributed by atoms with Gasteiger partial charge in [0.15, 0.2) is 5.60 Å². The summed E-state index contributed by atoms with van der Waals surface area (Å²) in [7, 11) is 0. The number of rotatable bonds is 10. The van der Waals surface area contributed by atoms with Gasteiger partial charge >= 0.3 is 35.7 Å². The molecule has 0 aromatic heterocycles. The van der Waals surface area contributed by atoms with Gasteiger partial charge in [0, 0.05) is 23.8 Å². The molecule has 4 saturated carbocycles. The number of carbonyl (C=O) groups is 2. The molecule has 0 radical (unpaired) electrons. The number of amides is 1. The smallest absolute Gasteiger partial charge is 0.543 e. The third-order valence-electron chi connectivity index (χ3n) is 10.2. The molecule has 1 spiro atoms. The average Bonchev–Trinajstić information content (AvgIpc) is 2.96. The third-order valence-corrected chi connectivity index (χ3v) is 10.7. The minimum Gasteiger partial charge on any atom is -0.543 e. The van der Waals surface area contributed by atoms with Crippen LogP contribution in [-0.4, -0.2) is 98.4 Å². The van der Waals surface area contributed by atoms with Crippen LogP contribution < -0.4 is 44.7 Å². The summed E-state index contributed by atoms with van der Waals surface area (Å²) in [6, 6.07) is 3.81. The number of aliphatic hydroxyl groups is 4. The van der Waals surface area contributed by atoms with Crippen molar-refractivity contribution < 1.29 is 102 Å². The maximum atomic E-state index is 13.6. The molecule has 1 aromatic rings. The van der Waals surface area contributed by atoms with Crippen LogP contribution in [0.4, 0.5) is 13.2 Å². The number of carbonyl (C=O) groups excluding carboxylic acids is 2. The number of nitrogens with one attached hydrogen (secondary N) is 1. The van der Waals surface area contributed by atoms with Gasteiger partial charge in [-0.15, -0.1) is 11.6 Å². The summed E-state index contributed by atoms with van der Waals surface area (Å²) in [6.45, 7) is -1.58. The van der Waals surface area contributed by atoms with Crippen molar-refractivity contribution in [3.63, 3.8) is 0 Å². The number of aliphatic carboxylic acids is 1. The molecular formula is C30H36ClF3NNaO12. The van der Waals surface area contributed by atoms with Crippen LogP contribution in [0.3, 0.4) is 0 Å². The van der Waals surface area contributed by atoms with Gasteiger partial charge in [-0.3, -0.25) is 4.79 Å². The van der Waals surface area contributed by atoms with Crippen molar-refractivity contribution >= 4 is 23.5 Å². The molecule has 18 heteroatoms. The van der Waals surface area contributed by atoms with Crippen LogP contribution in [-0.2, 0) is 34.6 Å². The summed E-state index contributed by atoms with van der Waals surface area (Å²) in [5, 5.41) is 56.0. The second-order valence-electron chi connectivity index (χ2n) is 13.5. The molecule has 6 aliphatic rings. The Morgan fingerprint density at radius 2 is 1.81 bits per heavy atom. The Morgan fingerprint density at radius 1 is 1.15 bits per heavy atom. The van der Waals surface area contributed by atoms with Crippen molar-refractivity contribution in [1.82, 2.24) is 5.32 Å². The first-order valence-corrected chi connectivity index (χ1v) is 15.7. The van der Waals surface area contributed by atoms with E-state index >= 15 is 0 Å². The number of alkyl halides is 4. The molecule has 9 atom stereocenters. The molecule has 5 unspecified atom stereocenters. The molecule has 4 aliphatic carbocycles. The number of carboxylic acids is 1. The van der Waals surface area contributed by atoms with Crippen LogP contribution in [0.25, 0.3) is 0 Å². The van der Waals surface area contributed by atoms with Gasteiger partial charge in [0.1, 0.15) is 36.6 Å². The van der Waals surface area contributed by atoms with Crippen LogP contribution in [0, 0.1) is 17.8 Å². The minimum absolute atomic E-state index is 0. The maximum Gasteiger partial charge on any atom is 1.00 e. The van der Waals surface area contributed by atoms with Gasteiger partial charge in [-0.25, -0.2) is 4.89 Å². The largest absolute Gasteiger partial charge is 1.00 e. The molecule has 2 aliphatic heterocycles. The van der Waals surface area contributed by atoms with Gasteiger partial charge < -0.3 is 49.9 Å². The molecule has 13 nitrogen and oxygen atoms in total. The predicted molar refractivity (Wildman–Crippen MR) is 148 cm³/mol. The first kappa shape index (κ1) is 38.0. The fourth-order valence-electron chi connectivity index (χ4n) is 8.61. The van der Waals surface area contributed by atoms with E-state index in [4.69, 9.17) is 35.6 Å². The molecule has 7 rings (SSSR count). The number of ether oxygens (including phenoxy) is 3. The molecule has 48 heavy (non-hydrogen) atoms. The van der Waals surface area contributed by atoms with E-state index in [0.29, 0.717) is 25.7 Å². The Hall–Kier alpha value is -1.28. The molecule has 262 valence electrons. The Labute approximate surface area is 300 Å². The third kappa shape index (κ3) is 6.38. The van der Waals surface area contributed by atoms with Gasteiger partial charge in [0.2, 0.25) is 5.91 Å². The number of aliphatic hydroxyl groups excluding tert-OH is 4. The minimum atomic E-state index is -4.74. The van der Waals surface area contributed by atoms with E-state index in [2.05, 4.69) is 5.32 Å². The predicted octanol–water partition coefficient (Wildman–Crippen LogP) is -2.87. The van der Waals surface area contributed by atoms with Crippen molar-refractivity contribution in [2.45, 2.75) is 104 Å². The normalized spacial score (nSPS) is 41.2. The Balaban J connectivity index is 0.00000451. The fourth-order valence-corrected chi connectivity index (χ4v) is 9.20. The van der Waals surface area contributed by atoms with Gasteiger partial charge in [0.25, 0.3) is 11.6 Å². The summed E-state index contributed by atoms with van der Waals surface area (Å²) in [6.07, 6.45) is -10.1.